The fraction of sp³-hybridized carbons (Fsp3) is 0.200. The third kappa shape index (κ3) is 1.96. The van der Waals surface area contributed by atoms with E-state index in [0.29, 0.717) is 5.75 Å². The minimum atomic E-state index is -0.0249. The molecular weight excluding hydrogens is 405 g/mol. The summed E-state index contributed by atoms with van der Waals surface area (Å²) in [4.78, 5) is 0. The average molecular weight is 414 g/mol. The van der Waals surface area contributed by atoms with Crippen LogP contribution in [-0.2, 0) is 6.61 Å². The van der Waals surface area contributed by atoms with Crippen molar-refractivity contribution in [3.8, 4) is 5.75 Å². The number of benzene rings is 1. The number of ether oxygens (including phenoxy) is 1. The zero-order chi connectivity index (χ0) is 11.7. The summed E-state index contributed by atoms with van der Waals surface area (Å²) in [5.41, 5.74) is 1.88. The van der Waals surface area contributed by atoms with E-state index in [-0.39, 0.29) is 6.61 Å². The van der Waals surface area contributed by atoms with Gasteiger partial charge in [0.2, 0.25) is 0 Å². The minimum absolute atomic E-state index is 0.0249. The van der Waals surface area contributed by atoms with Gasteiger partial charge in [-0.25, -0.2) is 0 Å². The molecule has 1 heterocycles. The van der Waals surface area contributed by atoms with Crippen LogP contribution in [0.4, 0.5) is 0 Å². The van der Waals surface area contributed by atoms with Gasteiger partial charge >= 0.3 is 0 Å². The number of aliphatic hydroxyl groups excluding tert-OH is 1. The van der Waals surface area contributed by atoms with Crippen LogP contribution in [0.5, 0.6) is 5.75 Å². The van der Waals surface area contributed by atoms with Gasteiger partial charge in [-0.15, -0.1) is 0 Å². The molecule has 3 nitrogen and oxygen atoms in total. The fourth-order valence-corrected chi connectivity index (χ4v) is 3.79. The normalized spacial score (nSPS) is 11.0. The number of nitrogens with zero attached hydrogens (tertiary/aromatic N) is 1. The highest BCUT2D eigenvalue weighted by atomic mass is 127. The van der Waals surface area contributed by atoms with Gasteiger partial charge in [0.15, 0.2) is 0 Å². The Kier molecular flexibility index (Phi) is 4.04. The largest absolute Gasteiger partial charge is 0.496 e. The summed E-state index contributed by atoms with van der Waals surface area (Å²) in [6, 6.07) is 3.87. The summed E-state index contributed by atoms with van der Waals surface area (Å²) in [6.07, 6.45) is 1.98. The first-order valence-electron chi connectivity index (χ1n) is 4.49. The van der Waals surface area contributed by atoms with E-state index < -0.39 is 0 Å². The predicted octanol–water partition coefficient (Wildman–Crippen LogP) is 3.75. The summed E-state index contributed by atoms with van der Waals surface area (Å²) >= 11 is 5.75. The quantitative estimate of drug-likeness (QED) is 0.778. The van der Waals surface area contributed by atoms with Crippen LogP contribution in [-0.4, -0.2) is 16.2 Å². The number of aliphatic hydroxyl groups is 1. The van der Waals surface area contributed by atoms with Crippen molar-refractivity contribution in [1.82, 2.24) is 3.97 Å². The molecule has 0 unspecified atom stereocenters. The van der Waals surface area contributed by atoms with Crippen LogP contribution in [0.3, 0.4) is 0 Å². The van der Waals surface area contributed by atoms with Crippen LogP contribution in [0.15, 0.2) is 22.8 Å². The van der Waals surface area contributed by atoms with E-state index in [0.717, 1.165) is 20.9 Å². The molecule has 0 saturated carbocycles. The van der Waals surface area contributed by atoms with Gasteiger partial charge in [-0.05, 0) is 28.1 Å². The SMILES string of the molecule is COc1cc(Br)c2c(ccn2SI)c1CO. The lowest BCUT2D eigenvalue weighted by Crippen LogP contribution is -1.94. The maximum absolute atomic E-state index is 9.41. The molecule has 0 radical (unpaired) electrons. The zero-order valence-electron chi connectivity index (χ0n) is 8.41. The van der Waals surface area contributed by atoms with Gasteiger partial charge in [-0.2, -0.15) is 0 Å². The van der Waals surface area contributed by atoms with Crippen LogP contribution >= 0.6 is 46.3 Å². The second-order valence-corrected chi connectivity index (χ2v) is 5.74. The maximum Gasteiger partial charge on any atom is 0.126 e. The molecular formula is C10H9BrINO2S. The van der Waals surface area contributed by atoms with Gasteiger partial charge in [-0.1, -0.05) is 0 Å². The number of hydrogen-bond donors (Lipinski definition) is 1. The van der Waals surface area contributed by atoms with E-state index in [1.165, 1.54) is 0 Å². The Morgan fingerprint density at radius 3 is 2.94 bits per heavy atom. The van der Waals surface area contributed by atoms with Crippen LogP contribution < -0.4 is 4.74 Å². The molecule has 0 amide bonds. The van der Waals surface area contributed by atoms with Gasteiger partial charge in [0.25, 0.3) is 0 Å². The Morgan fingerprint density at radius 2 is 2.38 bits per heavy atom. The molecule has 0 fully saturated rings. The molecule has 0 bridgehead atoms. The predicted molar refractivity (Wildman–Crippen MR) is 79.1 cm³/mol. The monoisotopic (exact) mass is 413 g/mol. The van der Waals surface area contributed by atoms with Crippen molar-refractivity contribution in [2.75, 3.05) is 7.11 Å². The number of aromatic nitrogens is 1. The number of hydrogen-bond acceptors (Lipinski definition) is 3. The highest BCUT2D eigenvalue weighted by Crippen LogP contribution is 2.37. The second kappa shape index (κ2) is 5.16. The molecule has 0 aliphatic heterocycles. The van der Waals surface area contributed by atoms with Crippen molar-refractivity contribution >= 4 is 57.2 Å². The Labute approximate surface area is 118 Å². The fourth-order valence-electron chi connectivity index (χ4n) is 1.70. The molecule has 2 rings (SSSR count). The molecule has 16 heavy (non-hydrogen) atoms. The van der Waals surface area contributed by atoms with E-state index in [1.807, 2.05) is 22.3 Å². The number of fused-ring (bicyclic) bond motifs is 1. The number of methoxy groups -OCH3 is 1. The van der Waals surface area contributed by atoms with Gasteiger partial charge in [0, 0.05) is 51.9 Å². The van der Waals surface area contributed by atoms with Gasteiger partial charge < -0.3 is 9.84 Å². The van der Waals surface area contributed by atoms with E-state index >= 15 is 0 Å². The van der Waals surface area contributed by atoms with Gasteiger partial charge in [0.05, 0.1) is 19.2 Å². The first kappa shape index (κ1) is 12.5. The van der Waals surface area contributed by atoms with Crippen molar-refractivity contribution in [1.29, 1.82) is 0 Å². The summed E-state index contributed by atoms with van der Waals surface area (Å²) in [6.45, 7) is -0.0249. The Hall–Kier alpha value is 0.0800. The summed E-state index contributed by atoms with van der Waals surface area (Å²) < 4.78 is 8.26. The Morgan fingerprint density at radius 1 is 1.62 bits per heavy atom. The third-order valence-electron chi connectivity index (χ3n) is 2.41. The molecule has 0 saturated heterocycles. The van der Waals surface area contributed by atoms with Crippen molar-refractivity contribution in [3.05, 3.63) is 28.4 Å². The molecule has 6 heteroatoms. The lowest BCUT2D eigenvalue weighted by Gasteiger charge is -2.10. The van der Waals surface area contributed by atoms with E-state index in [9.17, 15) is 5.11 Å². The molecule has 1 aromatic carbocycles. The lowest BCUT2D eigenvalue weighted by atomic mass is 10.1. The summed E-state index contributed by atoms with van der Waals surface area (Å²) in [7, 11) is 3.19. The molecule has 0 aliphatic carbocycles. The van der Waals surface area contributed by atoms with Crippen molar-refractivity contribution in [2.24, 2.45) is 0 Å². The van der Waals surface area contributed by atoms with E-state index in [1.54, 1.807) is 16.2 Å². The van der Waals surface area contributed by atoms with Crippen LogP contribution in [0.25, 0.3) is 10.9 Å². The van der Waals surface area contributed by atoms with Crippen LogP contribution in [0.1, 0.15) is 5.56 Å². The van der Waals surface area contributed by atoms with Crippen molar-refractivity contribution < 1.29 is 9.84 Å². The first-order chi connectivity index (χ1) is 7.72. The highest BCUT2D eigenvalue weighted by molar-refractivity contribution is 14.2. The smallest absolute Gasteiger partial charge is 0.126 e. The van der Waals surface area contributed by atoms with Crippen LogP contribution in [0, 0.1) is 0 Å². The molecule has 86 valence electrons. The minimum Gasteiger partial charge on any atom is -0.496 e. The highest BCUT2D eigenvalue weighted by Gasteiger charge is 2.14. The summed E-state index contributed by atoms with van der Waals surface area (Å²) in [5, 5.41) is 10.4. The average Bonchev–Trinajstić information content (AvgIpc) is 2.73. The van der Waals surface area contributed by atoms with Crippen molar-refractivity contribution in [3.63, 3.8) is 0 Å². The van der Waals surface area contributed by atoms with Gasteiger partial charge in [0.1, 0.15) is 5.75 Å². The Bertz CT molecular complexity index is 529. The first-order valence-corrected chi connectivity index (χ1v) is 8.60. The topological polar surface area (TPSA) is 34.4 Å². The number of halogens is 2. The molecule has 2 aromatic rings. The molecule has 0 aliphatic rings. The second-order valence-electron chi connectivity index (χ2n) is 3.17. The lowest BCUT2D eigenvalue weighted by molar-refractivity contribution is 0.275. The van der Waals surface area contributed by atoms with Crippen LogP contribution in [0.2, 0.25) is 0 Å². The molecule has 1 N–H and O–H groups in total. The summed E-state index contributed by atoms with van der Waals surface area (Å²) in [5.74, 6) is 0.707. The van der Waals surface area contributed by atoms with E-state index in [2.05, 4.69) is 37.1 Å². The standard InChI is InChI=1S/C10H9BrINO2S/c1-15-9-4-8(11)10-6(7(9)5-14)2-3-13(10)16-12/h2-4,14H,5H2,1H3. The molecule has 0 spiro atoms. The maximum atomic E-state index is 9.41. The van der Waals surface area contributed by atoms with Crippen molar-refractivity contribution in [2.45, 2.75) is 6.61 Å². The molecule has 0 atom stereocenters. The zero-order valence-corrected chi connectivity index (χ0v) is 13.0. The Balaban J connectivity index is 2.82. The van der Waals surface area contributed by atoms with E-state index in [4.69, 9.17) is 4.74 Å². The molecule has 1 aromatic heterocycles. The van der Waals surface area contributed by atoms with Gasteiger partial charge in [-0.3, -0.25) is 3.97 Å². The third-order valence-corrected chi connectivity index (χ3v) is 4.74. The number of rotatable bonds is 3.